The van der Waals surface area contributed by atoms with E-state index in [1.807, 2.05) is 17.5 Å². The highest BCUT2D eigenvalue weighted by Gasteiger charge is 2.21. The van der Waals surface area contributed by atoms with Crippen LogP contribution >= 0.6 is 11.3 Å². The lowest BCUT2D eigenvalue weighted by Gasteiger charge is -2.09. The Bertz CT molecular complexity index is 1280. The highest BCUT2D eigenvalue weighted by molar-refractivity contribution is 7.13. The molecule has 4 heterocycles. The van der Waals surface area contributed by atoms with E-state index in [0.717, 1.165) is 4.88 Å². The molecule has 4 rings (SSSR count). The molecule has 30 heavy (non-hydrogen) atoms. The van der Waals surface area contributed by atoms with Crippen LogP contribution in [0.2, 0.25) is 0 Å². The van der Waals surface area contributed by atoms with Crippen molar-refractivity contribution in [2.45, 2.75) is 13.8 Å². The second-order valence-corrected chi connectivity index (χ2v) is 7.53. The Labute approximate surface area is 175 Å². The minimum Gasteiger partial charge on any atom is -0.479 e. The Morgan fingerprint density at radius 3 is 2.77 bits per heavy atom. The summed E-state index contributed by atoms with van der Waals surface area (Å²) in [5, 5.41) is 13.4. The summed E-state index contributed by atoms with van der Waals surface area (Å²) < 4.78 is 8.07. The van der Waals surface area contributed by atoms with Gasteiger partial charge in [0.1, 0.15) is 17.1 Å². The van der Waals surface area contributed by atoms with Crippen molar-refractivity contribution in [2.75, 3.05) is 12.4 Å². The van der Waals surface area contributed by atoms with E-state index in [1.54, 1.807) is 33.2 Å². The summed E-state index contributed by atoms with van der Waals surface area (Å²) in [5.41, 5.74) is 1.74. The first-order chi connectivity index (χ1) is 14.4. The van der Waals surface area contributed by atoms with Gasteiger partial charge >= 0.3 is 0 Å². The maximum Gasteiger partial charge on any atom is 0.263 e. The van der Waals surface area contributed by atoms with Crippen molar-refractivity contribution >= 4 is 23.1 Å². The molecule has 1 amide bonds. The highest BCUT2D eigenvalue weighted by atomic mass is 32.1. The Balaban J connectivity index is 1.80. The van der Waals surface area contributed by atoms with Gasteiger partial charge < -0.3 is 10.1 Å². The molecule has 0 aliphatic rings. The van der Waals surface area contributed by atoms with Gasteiger partial charge in [-0.05, 0) is 25.3 Å². The van der Waals surface area contributed by atoms with E-state index in [2.05, 4.69) is 25.5 Å². The number of rotatable bonds is 5. The number of anilines is 1. The molecule has 4 aromatic heterocycles. The van der Waals surface area contributed by atoms with Crippen LogP contribution in [0.4, 0.5) is 5.82 Å². The van der Waals surface area contributed by atoms with Crippen LogP contribution in [0, 0.1) is 13.8 Å². The van der Waals surface area contributed by atoms with E-state index >= 15 is 0 Å². The first kappa shape index (κ1) is 19.6. The number of carbonyl (C=O) groups excluding carboxylic acids is 1. The van der Waals surface area contributed by atoms with Crippen LogP contribution in [0.3, 0.4) is 0 Å². The maximum atomic E-state index is 12.9. The normalized spacial score (nSPS) is 10.9. The van der Waals surface area contributed by atoms with Gasteiger partial charge in [0.2, 0.25) is 11.8 Å². The van der Waals surface area contributed by atoms with E-state index in [9.17, 15) is 9.59 Å². The summed E-state index contributed by atoms with van der Waals surface area (Å²) in [6.45, 7) is 3.44. The predicted octanol–water partition coefficient (Wildman–Crippen LogP) is 2.30. The highest BCUT2D eigenvalue weighted by Crippen LogP contribution is 2.28. The van der Waals surface area contributed by atoms with Crippen molar-refractivity contribution in [2.24, 2.45) is 7.05 Å². The number of nitrogens with zero attached hydrogens (tertiary/aromatic N) is 5. The van der Waals surface area contributed by atoms with E-state index < -0.39 is 5.91 Å². The topological polar surface area (TPSA) is 120 Å². The number of hydrogen-bond acceptors (Lipinski definition) is 7. The molecular weight excluding hydrogens is 406 g/mol. The van der Waals surface area contributed by atoms with Gasteiger partial charge in [-0.3, -0.25) is 19.3 Å². The molecule has 0 radical (unpaired) electrons. The van der Waals surface area contributed by atoms with Crippen molar-refractivity contribution in [1.82, 2.24) is 29.5 Å². The minimum absolute atomic E-state index is 0.206. The summed E-state index contributed by atoms with van der Waals surface area (Å²) in [4.78, 5) is 33.2. The van der Waals surface area contributed by atoms with Crippen LogP contribution in [0.5, 0.6) is 5.88 Å². The van der Waals surface area contributed by atoms with Crippen molar-refractivity contribution in [3.63, 3.8) is 0 Å². The minimum atomic E-state index is -0.426. The summed E-state index contributed by atoms with van der Waals surface area (Å²) in [5.74, 6) is 0.335. The number of methoxy groups -OCH3 is 1. The van der Waals surface area contributed by atoms with E-state index in [-0.39, 0.29) is 23.0 Å². The van der Waals surface area contributed by atoms with Gasteiger partial charge in [0, 0.05) is 30.6 Å². The smallest absolute Gasteiger partial charge is 0.263 e. The molecule has 0 bridgehead atoms. The summed E-state index contributed by atoms with van der Waals surface area (Å²) in [7, 11) is 3.14. The Hall–Kier alpha value is -3.73. The summed E-state index contributed by atoms with van der Waals surface area (Å²) in [6, 6.07) is 5.55. The van der Waals surface area contributed by atoms with Crippen molar-refractivity contribution in [3.8, 4) is 22.4 Å². The first-order valence-electron chi connectivity index (χ1n) is 8.98. The molecule has 4 aromatic rings. The number of ether oxygens (including phenoxy) is 1. The molecule has 0 unspecified atom stereocenters. The predicted molar refractivity (Wildman–Crippen MR) is 112 cm³/mol. The lowest BCUT2D eigenvalue weighted by atomic mass is 10.3. The maximum absolute atomic E-state index is 12.9. The van der Waals surface area contributed by atoms with Crippen LogP contribution in [-0.4, -0.2) is 42.5 Å². The van der Waals surface area contributed by atoms with Crippen LogP contribution in [0.1, 0.15) is 21.6 Å². The van der Waals surface area contributed by atoms with Crippen LogP contribution in [0.15, 0.2) is 34.6 Å². The Kier molecular flexibility index (Phi) is 4.96. The van der Waals surface area contributed by atoms with Gasteiger partial charge in [0.25, 0.3) is 11.5 Å². The van der Waals surface area contributed by atoms with Gasteiger partial charge in [-0.25, -0.2) is 4.98 Å². The van der Waals surface area contributed by atoms with E-state index in [1.165, 1.54) is 27.8 Å². The van der Waals surface area contributed by atoms with Gasteiger partial charge in [0.15, 0.2) is 0 Å². The number of nitrogens with one attached hydrogen (secondary N) is 2. The zero-order valence-corrected chi connectivity index (χ0v) is 17.6. The molecule has 154 valence electrons. The Morgan fingerprint density at radius 1 is 1.30 bits per heavy atom. The molecule has 0 saturated carbocycles. The fraction of sp³-hybridized carbons (Fsp3) is 0.211. The van der Waals surface area contributed by atoms with Crippen LogP contribution < -0.4 is 15.6 Å². The molecule has 0 aliphatic carbocycles. The van der Waals surface area contributed by atoms with Gasteiger partial charge in [-0.1, -0.05) is 6.07 Å². The SMILES string of the molecule is COc1nn(C)cc1C(=O)Nc1cc(-c2cccs2)nn1-c1nc(C)c(C)c(=O)[nH]1. The zero-order valence-electron chi connectivity index (χ0n) is 16.8. The third-order valence-corrected chi connectivity index (χ3v) is 5.43. The number of aromatic amines is 1. The molecule has 0 atom stereocenters. The third-order valence-electron chi connectivity index (χ3n) is 4.54. The molecule has 0 aliphatic heterocycles. The molecule has 0 saturated heterocycles. The number of thiophene rings is 1. The largest absolute Gasteiger partial charge is 0.479 e. The standard InChI is InChI=1S/C19H19N7O3S/c1-10-11(2)20-19(22-16(10)27)26-15(8-13(23-26)14-6-5-7-30-14)21-17(28)12-9-25(3)24-18(12)29-4/h5-9H,1-4H3,(H,21,28)(H,20,22,27). The molecule has 11 heteroatoms. The zero-order chi connectivity index (χ0) is 21.4. The van der Waals surface area contributed by atoms with Gasteiger partial charge in [-0.15, -0.1) is 16.4 Å². The van der Waals surface area contributed by atoms with Crippen molar-refractivity contribution in [3.05, 3.63) is 57.0 Å². The number of H-pyrrole nitrogens is 1. The van der Waals surface area contributed by atoms with E-state index in [4.69, 9.17) is 4.74 Å². The number of amides is 1. The number of aromatic nitrogens is 6. The second kappa shape index (κ2) is 7.59. The molecule has 10 nitrogen and oxygen atoms in total. The third kappa shape index (κ3) is 3.50. The quantitative estimate of drug-likeness (QED) is 0.506. The fourth-order valence-corrected chi connectivity index (χ4v) is 3.55. The van der Waals surface area contributed by atoms with E-state index in [0.29, 0.717) is 22.8 Å². The average molecular weight is 425 g/mol. The lowest BCUT2D eigenvalue weighted by Crippen LogP contribution is -2.20. The fourth-order valence-electron chi connectivity index (χ4n) is 2.87. The average Bonchev–Trinajstić information content (AvgIpc) is 3.44. The number of carbonyl (C=O) groups is 1. The Morgan fingerprint density at radius 2 is 2.10 bits per heavy atom. The molecule has 2 N–H and O–H groups in total. The van der Waals surface area contributed by atoms with Crippen LogP contribution in [-0.2, 0) is 7.05 Å². The van der Waals surface area contributed by atoms with Crippen molar-refractivity contribution < 1.29 is 9.53 Å². The molecule has 0 aromatic carbocycles. The monoisotopic (exact) mass is 425 g/mol. The molecular formula is C19H19N7O3S. The first-order valence-corrected chi connectivity index (χ1v) is 9.86. The van der Waals surface area contributed by atoms with Crippen molar-refractivity contribution in [1.29, 1.82) is 0 Å². The van der Waals surface area contributed by atoms with Gasteiger partial charge in [0.05, 0.1) is 12.0 Å². The summed E-state index contributed by atoms with van der Waals surface area (Å²) in [6.07, 6.45) is 1.56. The van der Waals surface area contributed by atoms with Crippen LogP contribution in [0.25, 0.3) is 16.5 Å². The number of aryl methyl sites for hydroxylation is 2. The summed E-state index contributed by atoms with van der Waals surface area (Å²) >= 11 is 1.51. The van der Waals surface area contributed by atoms with Gasteiger partial charge in [-0.2, -0.15) is 9.78 Å². The number of hydrogen-bond donors (Lipinski definition) is 2. The molecule has 0 spiro atoms. The lowest BCUT2D eigenvalue weighted by molar-refractivity contribution is 0.102. The molecule has 0 fully saturated rings. The second-order valence-electron chi connectivity index (χ2n) is 6.58.